The zero-order chi connectivity index (χ0) is 59.6. The first kappa shape index (κ1) is 78.6. The third-order valence-electron chi connectivity index (χ3n) is 17.5. The molecule has 1 fully saturated rings. The number of carbonyl (C=O) groups excluding carboxylic acids is 1. The fourth-order valence-electron chi connectivity index (χ4n) is 11.8. The Morgan fingerprint density at radius 2 is 0.732 bits per heavy atom. The molecular weight excluding hydrogens is 1030 g/mol. The molecule has 11 nitrogen and oxygen atoms in total. The third kappa shape index (κ3) is 46.8. The summed E-state index contributed by atoms with van der Waals surface area (Å²) in [6.45, 7) is 3.50. The van der Waals surface area contributed by atoms with E-state index in [9.17, 15) is 40.5 Å². The number of rotatable bonds is 63. The van der Waals surface area contributed by atoms with Crippen LogP contribution in [0, 0.1) is 0 Å². The van der Waals surface area contributed by atoms with E-state index in [4.69, 9.17) is 9.47 Å². The molecule has 9 atom stereocenters. The van der Waals surface area contributed by atoms with Crippen LogP contribution < -0.4 is 5.32 Å². The van der Waals surface area contributed by atoms with Crippen molar-refractivity contribution in [2.24, 2.45) is 0 Å². The molecule has 8 N–H and O–H groups in total. The molecule has 82 heavy (non-hydrogen) atoms. The largest absolute Gasteiger partial charge is 0.394 e. The fourth-order valence-corrected chi connectivity index (χ4v) is 11.8. The van der Waals surface area contributed by atoms with E-state index in [1.54, 1.807) is 0 Å². The van der Waals surface area contributed by atoms with Gasteiger partial charge in [0.05, 0.1) is 25.4 Å². The number of unbranched alkanes of at least 4 members (excludes halogenated alkanes) is 47. The van der Waals surface area contributed by atoms with E-state index in [0.717, 1.165) is 38.5 Å². The zero-order valence-electron chi connectivity index (χ0n) is 53.8. The Labute approximate surface area is 505 Å². The van der Waals surface area contributed by atoms with Gasteiger partial charge in [0.15, 0.2) is 6.29 Å². The summed E-state index contributed by atoms with van der Waals surface area (Å²) in [5, 5.41) is 76.5. The maximum atomic E-state index is 13.3. The molecule has 1 rings (SSSR count). The van der Waals surface area contributed by atoms with E-state index in [-0.39, 0.29) is 12.8 Å². The smallest absolute Gasteiger partial charge is 0.249 e. The summed E-state index contributed by atoms with van der Waals surface area (Å²) in [5.74, 6) is -0.703. The van der Waals surface area contributed by atoms with Crippen LogP contribution in [-0.4, -0.2) is 110 Å². The van der Waals surface area contributed by atoms with Crippen molar-refractivity contribution < 1.29 is 50.0 Å². The second-order valence-corrected chi connectivity index (χ2v) is 25.3. The Kier molecular flexibility index (Phi) is 57.4. The second kappa shape index (κ2) is 59.9. The standard InChI is InChI=1S/C71H137NO10/c1-3-5-7-9-11-13-15-17-19-21-23-25-27-29-31-32-33-35-37-39-41-43-45-47-49-51-53-55-57-59-64(75)70(80)72-62(61-81-71-69(79)68(78)67(77)65(60-73)82-71)66(76)63(74)58-56-54-52-50-48-46-44-42-40-38-36-34-30-28-26-24-22-20-18-16-14-12-10-8-6-4-2/h42,44,50,52,62-69,71,73-79H,3-41,43,45-49,51,53-61H2,1-2H3,(H,72,80)/b44-42+,52-50+. The van der Waals surface area contributed by atoms with Gasteiger partial charge >= 0.3 is 0 Å². The Bertz CT molecular complexity index is 1380. The highest BCUT2D eigenvalue weighted by molar-refractivity contribution is 5.80. The molecule has 0 radical (unpaired) electrons. The molecule has 0 aliphatic carbocycles. The van der Waals surface area contributed by atoms with E-state index >= 15 is 0 Å². The number of allylic oxidation sites excluding steroid dienone is 4. The van der Waals surface area contributed by atoms with E-state index in [0.29, 0.717) is 19.3 Å². The first-order chi connectivity index (χ1) is 40.2. The molecule has 0 bridgehead atoms. The second-order valence-electron chi connectivity index (χ2n) is 25.3. The molecule has 1 amide bonds. The van der Waals surface area contributed by atoms with Crippen LogP contribution in [0.25, 0.3) is 0 Å². The van der Waals surface area contributed by atoms with Crippen LogP contribution >= 0.6 is 0 Å². The van der Waals surface area contributed by atoms with Gasteiger partial charge in [-0.15, -0.1) is 0 Å². The molecule has 1 saturated heterocycles. The first-order valence-electron chi connectivity index (χ1n) is 35.7. The first-order valence-corrected chi connectivity index (χ1v) is 35.7. The maximum absolute atomic E-state index is 13.3. The molecule has 0 saturated carbocycles. The summed E-state index contributed by atoms with van der Waals surface area (Å²) in [6, 6.07) is -1.19. The average molecular weight is 1160 g/mol. The number of carbonyl (C=O) groups is 1. The van der Waals surface area contributed by atoms with E-state index in [2.05, 4.69) is 43.5 Å². The lowest BCUT2D eigenvalue weighted by atomic mass is 9.98. The molecule has 1 aliphatic rings. The highest BCUT2D eigenvalue weighted by Gasteiger charge is 2.44. The summed E-state index contributed by atoms with van der Waals surface area (Å²) in [4.78, 5) is 13.3. The van der Waals surface area contributed by atoms with Crippen LogP contribution in [0.5, 0.6) is 0 Å². The van der Waals surface area contributed by atoms with Gasteiger partial charge in [-0.2, -0.15) is 0 Å². The molecule has 0 aromatic rings. The van der Waals surface area contributed by atoms with Crippen molar-refractivity contribution in [1.29, 1.82) is 0 Å². The number of ether oxygens (including phenoxy) is 2. The summed E-state index contributed by atoms with van der Waals surface area (Å²) in [6.07, 6.45) is 64.1. The van der Waals surface area contributed by atoms with Crippen molar-refractivity contribution in [2.45, 2.75) is 409 Å². The minimum Gasteiger partial charge on any atom is -0.394 e. The predicted octanol–water partition coefficient (Wildman–Crippen LogP) is 17.2. The van der Waals surface area contributed by atoms with E-state index < -0.39 is 74.2 Å². The molecule has 1 aliphatic heterocycles. The molecule has 0 spiro atoms. The fraction of sp³-hybridized carbons (Fsp3) is 0.930. The number of aliphatic hydroxyl groups is 7. The van der Waals surface area contributed by atoms with E-state index in [1.165, 1.54) is 270 Å². The Morgan fingerprint density at radius 1 is 0.415 bits per heavy atom. The molecule has 0 aromatic heterocycles. The van der Waals surface area contributed by atoms with Crippen LogP contribution in [0.3, 0.4) is 0 Å². The quantitative estimate of drug-likeness (QED) is 0.0215. The molecule has 9 unspecified atom stereocenters. The highest BCUT2D eigenvalue weighted by Crippen LogP contribution is 2.24. The predicted molar refractivity (Wildman–Crippen MR) is 344 cm³/mol. The van der Waals surface area contributed by atoms with Gasteiger partial charge in [0.1, 0.15) is 36.6 Å². The summed E-state index contributed by atoms with van der Waals surface area (Å²) in [5.41, 5.74) is 0. The summed E-state index contributed by atoms with van der Waals surface area (Å²) < 4.78 is 11.2. The van der Waals surface area contributed by atoms with Crippen LogP contribution in [0.2, 0.25) is 0 Å². The van der Waals surface area contributed by atoms with Crippen LogP contribution in [-0.2, 0) is 14.3 Å². The van der Waals surface area contributed by atoms with Gasteiger partial charge in [-0.1, -0.05) is 327 Å². The van der Waals surface area contributed by atoms with Crippen molar-refractivity contribution in [3.63, 3.8) is 0 Å². The Morgan fingerprint density at radius 3 is 1.09 bits per heavy atom. The third-order valence-corrected chi connectivity index (χ3v) is 17.5. The van der Waals surface area contributed by atoms with Crippen molar-refractivity contribution >= 4 is 5.91 Å². The van der Waals surface area contributed by atoms with Gasteiger partial charge in [0, 0.05) is 0 Å². The number of hydrogen-bond acceptors (Lipinski definition) is 10. The topological polar surface area (TPSA) is 189 Å². The van der Waals surface area contributed by atoms with Gasteiger partial charge in [-0.25, -0.2) is 0 Å². The molecule has 0 aromatic carbocycles. The van der Waals surface area contributed by atoms with Crippen molar-refractivity contribution in [3.05, 3.63) is 24.3 Å². The highest BCUT2D eigenvalue weighted by atomic mass is 16.7. The average Bonchev–Trinajstić information content (AvgIpc) is 3.48. The van der Waals surface area contributed by atoms with Crippen molar-refractivity contribution in [2.75, 3.05) is 13.2 Å². The monoisotopic (exact) mass is 1160 g/mol. The molecule has 486 valence electrons. The lowest BCUT2D eigenvalue weighted by Crippen LogP contribution is -2.60. The van der Waals surface area contributed by atoms with Gasteiger partial charge < -0.3 is 50.5 Å². The minimum atomic E-state index is -1.67. The number of amides is 1. The van der Waals surface area contributed by atoms with Gasteiger partial charge in [-0.05, 0) is 51.4 Å². The van der Waals surface area contributed by atoms with Crippen molar-refractivity contribution in [3.8, 4) is 0 Å². The van der Waals surface area contributed by atoms with Crippen molar-refractivity contribution in [1.82, 2.24) is 5.32 Å². The summed E-state index contributed by atoms with van der Waals surface area (Å²) in [7, 11) is 0. The minimum absolute atomic E-state index is 0.249. The van der Waals surface area contributed by atoms with Crippen LogP contribution in [0.4, 0.5) is 0 Å². The number of nitrogens with one attached hydrogen (secondary N) is 1. The van der Waals surface area contributed by atoms with Gasteiger partial charge in [0.25, 0.3) is 0 Å². The van der Waals surface area contributed by atoms with Gasteiger partial charge in [-0.3, -0.25) is 4.79 Å². The zero-order valence-corrected chi connectivity index (χ0v) is 53.8. The molecular formula is C71H137NO10. The number of hydrogen-bond donors (Lipinski definition) is 8. The maximum Gasteiger partial charge on any atom is 0.249 e. The Balaban J connectivity index is 2.21. The lowest BCUT2D eigenvalue weighted by molar-refractivity contribution is -0.303. The lowest BCUT2D eigenvalue weighted by Gasteiger charge is -2.40. The van der Waals surface area contributed by atoms with E-state index in [1.807, 2.05) is 0 Å². The molecule has 11 heteroatoms. The van der Waals surface area contributed by atoms with Crippen LogP contribution in [0.15, 0.2) is 24.3 Å². The normalized spacial score (nSPS) is 19.2. The molecule has 1 heterocycles. The number of aliphatic hydroxyl groups excluding tert-OH is 7. The van der Waals surface area contributed by atoms with Gasteiger partial charge in [0.2, 0.25) is 5.91 Å². The van der Waals surface area contributed by atoms with Crippen LogP contribution in [0.1, 0.15) is 354 Å². The SMILES string of the molecule is CCCCCCCCCCCCCCCCCCC/C=C/CC/C=C/CCCC(O)C(O)C(COC1OC(CO)C(O)C(O)C1O)NC(=O)C(O)CCCCCCCCCCCCCCCCCCCCCCCCCCCCCCC. The summed E-state index contributed by atoms with van der Waals surface area (Å²) >= 11 is 0. The Hall–Kier alpha value is -1.41.